The maximum atomic E-state index is 15.4. The van der Waals surface area contributed by atoms with Gasteiger partial charge < -0.3 is 53.8 Å². The second kappa shape index (κ2) is 16.0. The highest BCUT2D eigenvalue weighted by Gasteiger charge is 2.78. The Bertz CT molecular complexity index is 1910. The number of benzene rings is 1. The molecule has 11 atom stereocenters. The minimum Gasteiger partial charge on any atom is -0.456 e. The van der Waals surface area contributed by atoms with Crippen LogP contribution in [0.5, 0.6) is 0 Å². The number of esters is 3. The second-order valence-electron chi connectivity index (χ2n) is 19.1. The van der Waals surface area contributed by atoms with Crippen molar-refractivity contribution in [2.75, 3.05) is 13.7 Å². The van der Waals surface area contributed by atoms with Crippen LogP contribution in [-0.2, 0) is 47.5 Å². The summed E-state index contributed by atoms with van der Waals surface area (Å²) in [7, 11) is 1.07. The zero-order chi connectivity index (χ0) is 45.1. The van der Waals surface area contributed by atoms with Gasteiger partial charge in [0.25, 0.3) is 0 Å². The molecule has 60 heavy (non-hydrogen) atoms. The molecule has 4 N–H and O–H groups in total. The van der Waals surface area contributed by atoms with Crippen LogP contribution in [0.1, 0.15) is 99.4 Å². The Kier molecular flexibility index (Phi) is 12.4. The molecule has 17 heteroatoms. The van der Waals surface area contributed by atoms with E-state index in [-0.39, 0.29) is 29.7 Å². The average molecular weight is 846 g/mol. The number of nitrogens with one attached hydrogen (secondary N) is 1. The van der Waals surface area contributed by atoms with Gasteiger partial charge in [-0.3, -0.25) is 9.59 Å². The number of rotatable bonds is 8. The normalized spacial score (nSPS) is 33.1. The lowest BCUT2D eigenvalue weighted by Gasteiger charge is -2.67. The molecule has 17 nitrogen and oxygen atoms in total. The van der Waals surface area contributed by atoms with Crippen LogP contribution in [-0.4, -0.2) is 124 Å². The summed E-state index contributed by atoms with van der Waals surface area (Å²) >= 11 is 0. The number of ether oxygens (including phenoxy) is 7. The van der Waals surface area contributed by atoms with Crippen molar-refractivity contribution in [3.63, 3.8) is 0 Å². The molecular formula is C43H59NO16. The third-order valence-corrected chi connectivity index (χ3v) is 12.7. The number of carbonyl (C=O) groups is 6. The Labute approximate surface area is 349 Å². The highest BCUT2D eigenvalue weighted by Crippen LogP contribution is 2.64. The number of hydrogen-bond acceptors (Lipinski definition) is 16. The molecular weight excluding hydrogens is 786 g/mol. The van der Waals surface area contributed by atoms with Crippen LogP contribution in [0.3, 0.4) is 0 Å². The van der Waals surface area contributed by atoms with E-state index in [0.717, 1.165) is 14.0 Å². The van der Waals surface area contributed by atoms with Crippen LogP contribution < -0.4 is 5.32 Å². The van der Waals surface area contributed by atoms with Crippen LogP contribution in [0, 0.1) is 22.2 Å². The number of aliphatic hydroxyl groups excluding tert-OH is 2. The molecule has 3 aliphatic carbocycles. The Morgan fingerprint density at radius 1 is 0.967 bits per heavy atom. The maximum Gasteiger partial charge on any atom is 0.508 e. The van der Waals surface area contributed by atoms with Crippen molar-refractivity contribution < 1.29 is 77.2 Å². The number of fused-ring (bicyclic) bond motifs is 5. The van der Waals surface area contributed by atoms with Gasteiger partial charge in [0.1, 0.15) is 29.5 Å². The van der Waals surface area contributed by atoms with Gasteiger partial charge in [-0.25, -0.2) is 19.2 Å². The van der Waals surface area contributed by atoms with Gasteiger partial charge in [-0.1, -0.05) is 52.8 Å². The number of ketones is 1. The first-order valence-corrected chi connectivity index (χ1v) is 19.9. The lowest BCUT2D eigenvalue weighted by Crippen LogP contribution is -2.82. The number of carbonyl (C=O) groups excluding carboxylic acids is 6. The van der Waals surface area contributed by atoms with Gasteiger partial charge in [-0.05, 0) is 63.3 Å². The molecule has 1 aromatic carbocycles. The summed E-state index contributed by atoms with van der Waals surface area (Å²) in [4.78, 5) is 82.7. The quantitative estimate of drug-likeness (QED) is 0.166. The molecule has 5 rings (SSSR count). The standard InChI is InChI=1S/C43H59NO16/c1-21-24(57-35(50)28(47)31(38(3,4)5)44-36(51)59-39(6,7)8)19-43(53)33(58-34(49)23-16-14-13-15-17-23)30-41(11,32(48)29(56-22(2)45)27(21)40(43,9)10)25(46)18-26-42(30,20-55-26)60-37(52)54-12/h13-17,24-26,28-31,33,46-47,53H,18-20H2,1-12H3,(H,44,51)/t24-,25-,26+,28+,29+,30?,31+,33-,41+,42-,43+/m1/s1. The number of hydrogen-bond donors (Lipinski definition) is 4. The zero-order valence-corrected chi connectivity index (χ0v) is 36.3. The number of Topliss-reactive ketones (excluding diaryl/α,β-unsaturated/α-hetero) is 1. The van der Waals surface area contributed by atoms with Crippen LogP contribution in [0.2, 0.25) is 0 Å². The van der Waals surface area contributed by atoms with E-state index in [0.29, 0.717) is 0 Å². The van der Waals surface area contributed by atoms with E-state index in [2.05, 4.69) is 5.32 Å². The fraction of sp³-hybridized carbons (Fsp3) is 0.674. The molecule has 4 aliphatic rings. The van der Waals surface area contributed by atoms with E-state index in [4.69, 9.17) is 33.2 Å². The summed E-state index contributed by atoms with van der Waals surface area (Å²) in [6.45, 7) is 16.6. The lowest BCUT2D eigenvalue weighted by molar-refractivity contribution is -0.344. The van der Waals surface area contributed by atoms with E-state index in [1.165, 1.54) is 39.8 Å². The third-order valence-electron chi connectivity index (χ3n) is 12.7. The van der Waals surface area contributed by atoms with Crippen molar-refractivity contribution in [2.24, 2.45) is 22.2 Å². The Balaban J connectivity index is 1.74. The molecule has 3 fully saturated rings. The molecule has 2 saturated carbocycles. The maximum absolute atomic E-state index is 15.4. The molecule has 0 aromatic heterocycles. The van der Waals surface area contributed by atoms with Gasteiger partial charge in [-0.2, -0.15) is 0 Å². The Hall–Kier alpha value is -4.58. The van der Waals surface area contributed by atoms with Gasteiger partial charge >= 0.3 is 30.2 Å². The summed E-state index contributed by atoms with van der Waals surface area (Å²) in [6.07, 6.45) is -12.8. The van der Waals surface area contributed by atoms with E-state index in [1.807, 2.05) is 0 Å². The predicted octanol–water partition coefficient (Wildman–Crippen LogP) is 3.72. The molecule has 1 amide bonds. The fourth-order valence-electron chi connectivity index (χ4n) is 9.50. The van der Waals surface area contributed by atoms with Gasteiger partial charge in [-0.15, -0.1) is 0 Å². The third kappa shape index (κ3) is 8.00. The topological polar surface area (TPSA) is 240 Å². The van der Waals surface area contributed by atoms with Crippen LogP contribution >= 0.6 is 0 Å². The SMILES string of the molecule is COC(=O)O[C@]12CO[C@H]1C[C@@H](O)[C@]1(C)C(=O)[C@@H](OC(C)=O)C3=C(C)[C@H](OC(=O)[C@@H](O)[C@H](NC(=O)OC(C)(C)C)C(C)(C)C)C[C@](O)([C@H](OC(=O)c4ccccc4)C21)C3(C)C. The number of aliphatic hydroxyl groups is 3. The predicted molar refractivity (Wildman–Crippen MR) is 209 cm³/mol. The fourth-order valence-corrected chi connectivity index (χ4v) is 9.50. The lowest BCUT2D eigenvalue weighted by atomic mass is 9.44. The Morgan fingerprint density at radius 2 is 1.58 bits per heavy atom. The van der Waals surface area contributed by atoms with Gasteiger partial charge in [0, 0.05) is 25.2 Å². The first-order valence-electron chi connectivity index (χ1n) is 19.9. The van der Waals surface area contributed by atoms with Crippen LogP contribution in [0.4, 0.5) is 9.59 Å². The van der Waals surface area contributed by atoms with E-state index in [9.17, 15) is 39.3 Å². The first-order chi connectivity index (χ1) is 27.6. The van der Waals surface area contributed by atoms with E-state index < -0.39 is 124 Å². The molecule has 1 unspecified atom stereocenters. The van der Waals surface area contributed by atoms with E-state index >= 15 is 4.79 Å². The molecule has 0 radical (unpaired) electrons. The smallest absolute Gasteiger partial charge is 0.456 e. The summed E-state index contributed by atoms with van der Waals surface area (Å²) in [5.74, 6) is -5.62. The zero-order valence-electron chi connectivity index (χ0n) is 36.3. The summed E-state index contributed by atoms with van der Waals surface area (Å²) < 4.78 is 40.3. The van der Waals surface area contributed by atoms with Crippen molar-refractivity contribution in [1.82, 2.24) is 5.32 Å². The largest absolute Gasteiger partial charge is 0.508 e. The van der Waals surface area contributed by atoms with Crippen molar-refractivity contribution in [3.05, 3.63) is 47.0 Å². The molecule has 2 bridgehead atoms. The summed E-state index contributed by atoms with van der Waals surface area (Å²) in [5, 5.41) is 39.8. The van der Waals surface area contributed by atoms with Crippen LogP contribution in [0.15, 0.2) is 41.5 Å². The second-order valence-corrected chi connectivity index (χ2v) is 19.1. The van der Waals surface area contributed by atoms with Crippen molar-refractivity contribution in [3.8, 4) is 0 Å². The van der Waals surface area contributed by atoms with Gasteiger partial charge in [0.05, 0.1) is 42.8 Å². The Morgan fingerprint density at radius 3 is 2.10 bits per heavy atom. The van der Waals surface area contributed by atoms with Crippen molar-refractivity contribution in [1.29, 1.82) is 0 Å². The molecule has 1 heterocycles. The molecule has 332 valence electrons. The minimum atomic E-state index is -2.42. The summed E-state index contributed by atoms with van der Waals surface area (Å²) in [6, 6.07) is 6.50. The molecule has 1 saturated heterocycles. The van der Waals surface area contributed by atoms with Crippen LogP contribution in [0.25, 0.3) is 0 Å². The average Bonchev–Trinajstić information content (AvgIpc) is 3.13. The molecule has 1 aromatic rings. The summed E-state index contributed by atoms with van der Waals surface area (Å²) in [5.41, 5.74) is -9.78. The highest BCUT2D eigenvalue weighted by molar-refractivity contribution is 5.95. The minimum absolute atomic E-state index is 0.0226. The first kappa shape index (κ1) is 46.5. The number of methoxy groups -OCH3 is 1. The monoisotopic (exact) mass is 845 g/mol. The van der Waals surface area contributed by atoms with Gasteiger partial charge in [0.15, 0.2) is 23.6 Å². The van der Waals surface area contributed by atoms with Crippen molar-refractivity contribution in [2.45, 2.75) is 148 Å². The number of alkyl carbamates (subject to hydrolysis) is 1. The molecule has 0 spiro atoms. The van der Waals surface area contributed by atoms with E-state index in [1.54, 1.807) is 59.7 Å². The van der Waals surface area contributed by atoms with Gasteiger partial charge in [0.2, 0.25) is 0 Å². The highest BCUT2D eigenvalue weighted by atomic mass is 16.8. The molecule has 1 aliphatic heterocycles. The number of amides is 1. The van der Waals surface area contributed by atoms with Crippen molar-refractivity contribution >= 4 is 35.9 Å².